The third kappa shape index (κ3) is 3.95. The Morgan fingerprint density at radius 1 is 1.10 bits per heavy atom. The van der Waals surface area contributed by atoms with Crippen molar-refractivity contribution in [1.29, 1.82) is 0 Å². The van der Waals surface area contributed by atoms with Crippen molar-refractivity contribution in [2.75, 3.05) is 13.7 Å². The molecule has 0 unspecified atom stereocenters. The van der Waals surface area contributed by atoms with Crippen molar-refractivity contribution in [1.82, 2.24) is 14.6 Å². The maximum atomic E-state index is 12.9. The molecule has 2 aromatic heterocycles. The molecule has 0 aliphatic heterocycles. The predicted octanol–water partition coefficient (Wildman–Crippen LogP) is 2.06. The number of hydrogen-bond donors (Lipinski definition) is 0. The number of para-hydroxylation sites is 1. The second-order valence-electron chi connectivity index (χ2n) is 6.47. The van der Waals surface area contributed by atoms with Crippen LogP contribution >= 0.6 is 11.3 Å². The van der Waals surface area contributed by atoms with E-state index in [-0.39, 0.29) is 22.6 Å². The number of aromatic nitrogens is 3. The van der Waals surface area contributed by atoms with Gasteiger partial charge in [-0.05, 0) is 36.8 Å². The molecule has 0 amide bonds. The Bertz CT molecular complexity index is 1360. The first-order chi connectivity index (χ1) is 14.6. The van der Waals surface area contributed by atoms with Gasteiger partial charge in [-0.2, -0.15) is 14.6 Å². The molecule has 0 bridgehead atoms. The smallest absolute Gasteiger partial charge is 0.296 e. The van der Waals surface area contributed by atoms with Crippen molar-refractivity contribution >= 4 is 22.4 Å². The van der Waals surface area contributed by atoms with E-state index in [0.717, 1.165) is 28.2 Å². The van der Waals surface area contributed by atoms with Gasteiger partial charge in [-0.3, -0.25) is 9.59 Å². The van der Waals surface area contributed by atoms with Crippen molar-refractivity contribution in [3.63, 3.8) is 0 Å². The zero-order chi connectivity index (χ0) is 21.1. The molecule has 0 N–H and O–H groups in total. The predicted molar refractivity (Wildman–Crippen MR) is 116 cm³/mol. The fraction of sp³-hybridized carbons (Fsp3) is 0.182. The first-order valence-electron chi connectivity index (χ1n) is 9.38. The van der Waals surface area contributed by atoms with E-state index in [1.54, 1.807) is 13.2 Å². The molecule has 0 spiro atoms. The monoisotopic (exact) mass is 421 g/mol. The van der Waals surface area contributed by atoms with Crippen LogP contribution in [0.25, 0.3) is 11.0 Å². The largest absolute Gasteiger partial charge is 0.497 e. The minimum absolute atomic E-state index is 0.217. The van der Waals surface area contributed by atoms with Gasteiger partial charge in [-0.15, -0.1) is 0 Å². The van der Waals surface area contributed by atoms with Gasteiger partial charge in [0.15, 0.2) is 0 Å². The number of thiazole rings is 1. The number of rotatable bonds is 6. The average molecular weight is 421 g/mol. The Labute approximate surface area is 175 Å². The van der Waals surface area contributed by atoms with Crippen LogP contribution in [0.15, 0.2) is 58.1 Å². The molecule has 4 rings (SSSR count). The van der Waals surface area contributed by atoms with Gasteiger partial charge in [-0.1, -0.05) is 41.7 Å². The second-order valence-corrected chi connectivity index (χ2v) is 7.48. The molecule has 0 saturated carbocycles. The molecule has 0 fully saturated rings. The first-order valence-corrected chi connectivity index (χ1v) is 10.2. The molecule has 152 valence electrons. The van der Waals surface area contributed by atoms with E-state index in [1.807, 2.05) is 55.5 Å². The molecule has 0 saturated heterocycles. The molecule has 2 aromatic carbocycles. The molecule has 0 aliphatic rings. The highest BCUT2D eigenvalue weighted by molar-refractivity contribution is 7.15. The normalized spacial score (nSPS) is 11.7. The third-order valence-electron chi connectivity index (χ3n) is 4.49. The van der Waals surface area contributed by atoms with Gasteiger partial charge >= 0.3 is 0 Å². The zero-order valence-electron chi connectivity index (χ0n) is 16.5. The van der Waals surface area contributed by atoms with Gasteiger partial charge in [0.25, 0.3) is 11.1 Å². The fourth-order valence-electron chi connectivity index (χ4n) is 3.02. The van der Waals surface area contributed by atoms with Crippen molar-refractivity contribution in [3.05, 3.63) is 90.6 Å². The number of methoxy groups -OCH3 is 1. The number of fused-ring (bicyclic) bond motifs is 1. The van der Waals surface area contributed by atoms with Crippen molar-refractivity contribution < 1.29 is 9.47 Å². The summed E-state index contributed by atoms with van der Waals surface area (Å²) in [7, 11) is 1.59. The van der Waals surface area contributed by atoms with Crippen LogP contribution in [0.1, 0.15) is 23.7 Å². The molecule has 2 heterocycles. The maximum Gasteiger partial charge on any atom is 0.296 e. The fourth-order valence-corrected chi connectivity index (χ4v) is 3.91. The third-order valence-corrected chi connectivity index (χ3v) is 5.45. The summed E-state index contributed by atoms with van der Waals surface area (Å²) in [4.78, 5) is 29.7. The van der Waals surface area contributed by atoms with Crippen molar-refractivity contribution in [2.24, 2.45) is 0 Å². The van der Waals surface area contributed by atoms with Crippen LogP contribution in [-0.4, -0.2) is 28.3 Å². The summed E-state index contributed by atoms with van der Waals surface area (Å²) in [5.41, 5.74) is 1.12. The summed E-state index contributed by atoms with van der Waals surface area (Å²) in [5, 5.41) is 4.29. The molecular formula is C22H19N3O4S. The lowest BCUT2D eigenvalue weighted by molar-refractivity contribution is 0.339. The summed E-state index contributed by atoms with van der Waals surface area (Å²) in [6, 6.07) is 14.8. The van der Waals surface area contributed by atoms with Crippen LogP contribution < -0.4 is 25.1 Å². The summed E-state index contributed by atoms with van der Waals surface area (Å²) in [5.74, 6) is 1.41. The summed E-state index contributed by atoms with van der Waals surface area (Å²) in [6.07, 6.45) is 2.02. The lowest BCUT2D eigenvalue weighted by Crippen LogP contribution is -2.28. The quantitative estimate of drug-likeness (QED) is 0.474. The number of ether oxygens (including phenoxy) is 2. The minimum atomic E-state index is -0.437. The highest BCUT2D eigenvalue weighted by Gasteiger charge is 2.12. The van der Waals surface area contributed by atoms with Gasteiger partial charge < -0.3 is 9.47 Å². The van der Waals surface area contributed by atoms with Crippen LogP contribution in [0, 0.1) is 0 Å². The minimum Gasteiger partial charge on any atom is -0.497 e. The van der Waals surface area contributed by atoms with Crippen LogP contribution in [0.5, 0.6) is 11.5 Å². The second kappa shape index (κ2) is 8.46. The lowest BCUT2D eigenvalue weighted by atomic mass is 10.1. The summed E-state index contributed by atoms with van der Waals surface area (Å²) in [6.45, 7) is 2.42. The SMILES string of the molecule is CCOc1ccccc1C=c1sc2nc(=O)c(Cc3ccc(OC)cc3)nn2c1=O. The van der Waals surface area contributed by atoms with E-state index in [4.69, 9.17) is 9.47 Å². The zero-order valence-corrected chi connectivity index (χ0v) is 17.3. The van der Waals surface area contributed by atoms with Crippen molar-refractivity contribution in [3.8, 4) is 11.5 Å². The Balaban J connectivity index is 1.76. The Morgan fingerprint density at radius 3 is 2.60 bits per heavy atom. The maximum absolute atomic E-state index is 12.9. The van der Waals surface area contributed by atoms with Crippen LogP contribution in [0.4, 0.5) is 0 Å². The molecule has 0 atom stereocenters. The number of nitrogens with zero attached hydrogens (tertiary/aromatic N) is 3. The standard InChI is InChI=1S/C22H19N3O4S/c1-3-29-18-7-5-4-6-15(18)13-19-21(27)25-22(30-19)23-20(26)17(24-25)12-14-8-10-16(28-2)11-9-14/h4-11,13H,3,12H2,1-2H3. The van der Waals surface area contributed by atoms with E-state index in [1.165, 1.54) is 4.52 Å². The topological polar surface area (TPSA) is 82.8 Å². The van der Waals surface area contributed by atoms with Gasteiger partial charge in [0.1, 0.15) is 17.2 Å². The molecule has 7 nitrogen and oxygen atoms in total. The van der Waals surface area contributed by atoms with Gasteiger partial charge in [0.2, 0.25) is 4.96 Å². The van der Waals surface area contributed by atoms with E-state index in [2.05, 4.69) is 10.1 Å². The van der Waals surface area contributed by atoms with E-state index < -0.39 is 5.56 Å². The molecule has 30 heavy (non-hydrogen) atoms. The molecule has 0 aliphatic carbocycles. The van der Waals surface area contributed by atoms with E-state index in [0.29, 0.717) is 16.9 Å². The Morgan fingerprint density at radius 2 is 1.87 bits per heavy atom. The number of hydrogen-bond acceptors (Lipinski definition) is 7. The average Bonchev–Trinajstić information content (AvgIpc) is 3.05. The highest BCUT2D eigenvalue weighted by atomic mass is 32.1. The Kier molecular flexibility index (Phi) is 5.58. The van der Waals surface area contributed by atoms with E-state index >= 15 is 0 Å². The van der Waals surface area contributed by atoms with Gasteiger partial charge in [-0.25, -0.2) is 0 Å². The summed E-state index contributed by atoms with van der Waals surface area (Å²) >= 11 is 1.13. The molecule has 4 aromatic rings. The van der Waals surface area contributed by atoms with Gasteiger partial charge in [0, 0.05) is 12.0 Å². The van der Waals surface area contributed by atoms with Crippen LogP contribution in [0.2, 0.25) is 0 Å². The van der Waals surface area contributed by atoms with Crippen LogP contribution in [-0.2, 0) is 6.42 Å². The van der Waals surface area contributed by atoms with Crippen molar-refractivity contribution in [2.45, 2.75) is 13.3 Å². The lowest BCUT2D eigenvalue weighted by Gasteiger charge is -2.05. The Hall–Kier alpha value is -3.52. The highest BCUT2D eigenvalue weighted by Crippen LogP contribution is 2.18. The molecular weight excluding hydrogens is 402 g/mol. The van der Waals surface area contributed by atoms with Gasteiger partial charge in [0.05, 0.1) is 18.2 Å². The number of benzene rings is 2. The summed E-state index contributed by atoms with van der Waals surface area (Å²) < 4.78 is 12.4. The van der Waals surface area contributed by atoms with Crippen LogP contribution in [0.3, 0.4) is 0 Å². The molecule has 8 heteroatoms. The first kappa shape index (κ1) is 19.8. The molecule has 0 radical (unpaired) electrons. The van der Waals surface area contributed by atoms with E-state index in [9.17, 15) is 9.59 Å².